The SMILES string of the molecule is CCOc1ccc(OCCN2CCN(CC(=O)NCc3ccccc3)CC2)cc1. The molecule has 29 heavy (non-hydrogen) atoms. The Hall–Kier alpha value is -2.57. The van der Waals surface area contributed by atoms with Crippen LogP contribution < -0.4 is 14.8 Å². The van der Waals surface area contributed by atoms with E-state index in [9.17, 15) is 4.79 Å². The summed E-state index contributed by atoms with van der Waals surface area (Å²) in [4.78, 5) is 16.8. The number of benzene rings is 2. The van der Waals surface area contributed by atoms with E-state index < -0.39 is 0 Å². The first-order valence-electron chi connectivity index (χ1n) is 10.3. The molecule has 0 atom stereocenters. The van der Waals surface area contributed by atoms with Crippen molar-refractivity contribution in [3.05, 3.63) is 60.2 Å². The fourth-order valence-corrected chi connectivity index (χ4v) is 3.32. The van der Waals surface area contributed by atoms with E-state index in [1.54, 1.807) is 0 Å². The summed E-state index contributed by atoms with van der Waals surface area (Å²) in [6, 6.07) is 17.7. The van der Waals surface area contributed by atoms with Gasteiger partial charge in [0.1, 0.15) is 18.1 Å². The third kappa shape index (κ3) is 7.40. The molecule has 1 aliphatic heterocycles. The van der Waals surface area contributed by atoms with Gasteiger partial charge in [-0.3, -0.25) is 14.6 Å². The van der Waals surface area contributed by atoms with Gasteiger partial charge in [0.15, 0.2) is 0 Å². The van der Waals surface area contributed by atoms with Gasteiger partial charge in [0.05, 0.1) is 13.2 Å². The molecule has 2 aromatic carbocycles. The van der Waals surface area contributed by atoms with Crippen LogP contribution in [0, 0.1) is 0 Å². The number of nitrogens with zero attached hydrogens (tertiary/aromatic N) is 2. The predicted molar refractivity (Wildman–Crippen MR) is 114 cm³/mol. The lowest BCUT2D eigenvalue weighted by atomic mass is 10.2. The quantitative estimate of drug-likeness (QED) is 0.667. The monoisotopic (exact) mass is 397 g/mol. The molecule has 0 unspecified atom stereocenters. The topological polar surface area (TPSA) is 54.0 Å². The van der Waals surface area contributed by atoms with Gasteiger partial charge in [-0.25, -0.2) is 0 Å². The molecule has 0 aromatic heterocycles. The number of carbonyl (C=O) groups is 1. The maximum atomic E-state index is 12.2. The van der Waals surface area contributed by atoms with Crippen LogP contribution in [0.15, 0.2) is 54.6 Å². The zero-order valence-electron chi connectivity index (χ0n) is 17.2. The van der Waals surface area contributed by atoms with Crippen molar-refractivity contribution in [2.45, 2.75) is 13.5 Å². The second-order valence-electron chi connectivity index (χ2n) is 7.13. The van der Waals surface area contributed by atoms with Crippen LogP contribution >= 0.6 is 0 Å². The summed E-state index contributed by atoms with van der Waals surface area (Å²) in [6.07, 6.45) is 0. The zero-order chi connectivity index (χ0) is 20.3. The van der Waals surface area contributed by atoms with Gasteiger partial charge in [0.25, 0.3) is 0 Å². The van der Waals surface area contributed by atoms with Gasteiger partial charge in [-0.15, -0.1) is 0 Å². The number of rotatable bonds is 10. The highest BCUT2D eigenvalue weighted by molar-refractivity contribution is 5.78. The van der Waals surface area contributed by atoms with Gasteiger partial charge >= 0.3 is 0 Å². The number of amides is 1. The van der Waals surface area contributed by atoms with Crippen LogP contribution in [-0.2, 0) is 11.3 Å². The number of piperazine rings is 1. The lowest BCUT2D eigenvalue weighted by Crippen LogP contribution is -2.50. The fraction of sp³-hybridized carbons (Fsp3) is 0.435. The first-order chi connectivity index (χ1) is 14.2. The van der Waals surface area contributed by atoms with Gasteiger partial charge in [-0.2, -0.15) is 0 Å². The molecule has 0 saturated carbocycles. The van der Waals surface area contributed by atoms with Gasteiger partial charge < -0.3 is 14.8 Å². The lowest BCUT2D eigenvalue weighted by Gasteiger charge is -2.34. The number of ether oxygens (including phenoxy) is 2. The Balaban J connectivity index is 1.28. The number of hydrogen-bond acceptors (Lipinski definition) is 5. The van der Waals surface area contributed by atoms with Crippen molar-refractivity contribution in [1.29, 1.82) is 0 Å². The highest BCUT2D eigenvalue weighted by atomic mass is 16.5. The highest BCUT2D eigenvalue weighted by Crippen LogP contribution is 2.17. The van der Waals surface area contributed by atoms with Crippen molar-refractivity contribution >= 4 is 5.91 Å². The first-order valence-corrected chi connectivity index (χ1v) is 10.3. The van der Waals surface area contributed by atoms with E-state index in [2.05, 4.69) is 15.1 Å². The average molecular weight is 398 g/mol. The van der Waals surface area contributed by atoms with E-state index in [-0.39, 0.29) is 5.91 Å². The molecule has 6 nitrogen and oxygen atoms in total. The van der Waals surface area contributed by atoms with Gasteiger partial charge in [-0.1, -0.05) is 30.3 Å². The molecule has 1 aliphatic rings. The Bertz CT molecular complexity index is 729. The molecule has 1 fully saturated rings. The van der Waals surface area contributed by atoms with Crippen LogP contribution in [0.5, 0.6) is 11.5 Å². The third-order valence-corrected chi connectivity index (χ3v) is 4.98. The van der Waals surface area contributed by atoms with Crippen molar-refractivity contribution in [3.63, 3.8) is 0 Å². The molecule has 1 amide bonds. The Morgan fingerprint density at radius 2 is 1.52 bits per heavy atom. The predicted octanol–water partition coefficient (Wildman–Crippen LogP) is 2.40. The van der Waals surface area contributed by atoms with E-state index >= 15 is 0 Å². The van der Waals surface area contributed by atoms with Crippen LogP contribution in [0.25, 0.3) is 0 Å². The summed E-state index contributed by atoms with van der Waals surface area (Å²) in [5.74, 6) is 1.81. The maximum Gasteiger partial charge on any atom is 0.234 e. The van der Waals surface area contributed by atoms with Gasteiger partial charge in [0, 0.05) is 39.3 Å². The molecule has 3 rings (SSSR count). The average Bonchev–Trinajstić information content (AvgIpc) is 2.76. The minimum absolute atomic E-state index is 0.0844. The van der Waals surface area contributed by atoms with Crippen molar-refractivity contribution in [1.82, 2.24) is 15.1 Å². The van der Waals surface area contributed by atoms with Crippen LogP contribution in [0.2, 0.25) is 0 Å². The number of hydrogen-bond donors (Lipinski definition) is 1. The standard InChI is InChI=1S/C23H31N3O3/c1-2-28-21-8-10-22(11-9-21)29-17-16-25-12-14-26(15-13-25)19-23(27)24-18-20-6-4-3-5-7-20/h3-11H,2,12-19H2,1H3,(H,24,27). The minimum atomic E-state index is 0.0844. The van der Waals surface area contributed by atoms with E-state index in [1.807, 2.05) is 61.5 Å². The Labute approximate surface area is 173 Å². The van der Waals surface area contributed by atoms with E-state index in [0.29, 0.717) is 26.3 Å². The fourth-order valence-electron chi connectivity index (χ4n) is 3.32. The van der Waals surface area contributed by atoms with E-state index in [1.165, 1.54) is 0 Å². The minimum Gasteiger partial charge on any atom is -0.494 e. The first kappa shape index (κ1) is 21.1. The third-order valence-electron chi connectivity index (χ3n) is 4.98. The van der Waals surface area contributed by atoms with Crippen LogP contribution in [0.3, 0.4) is 0 Å². The lowest BCUT2D eigenvalue weighted by molar-refractivity contribution is -0.122. The van der Waals surface area contributed by atoms with Gasteiger partial charge in [-0.05, 0) is 36.8 Å². The van der Waals surface area contributed by atoms with Crippen LogP contribution in [-0.4, -0.2) is 68.2 Å². The molecule has 6 heteroatoms. The molecule has 2 aromatic rings. The Morgan fingerprint density at radius 1 is 0.897 bits per heavy atom. The molecule has 1 heterocycles. The normalized spacial score (nSPS) is 15.1. The van der Waals surface area contributed by atoms with Gasteiger partial charge in [0.2, 0.25) is 5.91 Å². The van der Waals surface area contributed by atoms with Crippen molar-refractivity contribution in [2.24, 2.45) is 0 Å². The molecular weight excluding hydrogens is 366 g/mol. The molecular formula is C23H31N3O3. The van der Waals surface area contributed by atoms with Crippen molar-refractivity contribution in [3.8, 4) is 11.5 Å². The Kier molecular flexibility index (Phi) is 8.34. The summed E-state index contributed by atoms with van der Waals surface area (Å²) in [5, 5.41) is 3.00. The largest absolute Gasteiger partial charge is 0.494 e. The summed E-state index contributed by atoms with van der Waals surface area (Å²) < 4.78 is 11.3. The Morgan fingerprint density at radius 3 is 2.17 bits per heavy atom. The van der Waals surface area contributed by atoms with Crippen molar-refractivity contribution in [2.75, 3.05) is 52.5 Å². The molecule has 156 valence electrons. The molecule has 1 N–H and O–H groups in total. The molecule has 1 saturated heterocycles. The highest BCUT2D eigenvalue weighted by Gasteiger charge is 2.18. The maximum absolute atomic E-state index is 12.2. The second kappa shape index (κ2) is 11.4. The van der Waals surface area contributed by atoms with E-state index in [0.717, 1.165) is 49.8 Å². The smallest absolute Gasteiger partial charge is 0.234 e. The van der Waals surface area contributed by atoms with Crippen LogP contribution in [0.4, 0.5) is 0 Å². The molecule has 0 radical (unpaired) electrons. The number of nitrogens with one attached hydrogen (secondary N) is 1. The summed E-state index contributed by atoms with van der Waals surface area (Å²) in [7, 11) is 0. The second-order valence-corrected chi connectivity index (χ2v) is 7.13. The van der Waals surface area contributed by atoms with Crippen LogP contribution in [0.1, 0.15) is 12.5 Å². The number of carbonyl (C=O) groups excluding carboxylic acids is 1. The summed E-state index contributed by atoms with van der Waals surface area (Å²) >= 11 is 0. The molecule has 0 aliphatic carbocycles. The summed E-state index contributed by atoms with van der Waals surface area (Å²) in [6.45, 7) is 8.96. The summed E-state index contributed by atoms with van der Waals surface area (Å²) in [5.41, 5.74) is 1.12. The van der Waals surface area contributed by atoms with E-state index in [4.69, 9.17) is 9.47 Å². The molecule has 0 spiro atoms. The van der Waals surface area contributed by atoms with Crippen molar-refractivity contribution < 1.29 is 14.3 Å². The zero-order valence-corrected chi connectivity index (χ0v) is 17.2. The molecule has 0 bridgehead atoms.